The molecule has 2 heterocycles. The zero-order valence-electron chi connectivity index (χ0n) is 11.2. The molecule has 1 aliphatic heterocycles. The second-order valence-corrected chi connectivity index (χ2v) is 5.18. The van der Waals surface area contributed by atoms with E-state index in [0.29, 0.717) is 23.5 Å². The van der Waals surface area contributed by atoms with Crippen molar-refractivity contribution in [2.75, 3.05) is 23.4 Å². The molecule has 0 bridgehead atoms. The van der Waals surface area contributed by atoms with Crippen LogP contribution in [-0.4, -0.2) is 23.0 Å². The lowest BCUT2D eigenvalue weighted by Gasteiger charge is -2.19. The van der Waals surface area contributed by atoms with Crippen LogP contribution in [-0.2, 0) is 0 Å². The van der Waals surface area contributed by atoms with Crippen LogP contribution in [0.5, 0.6) is 0 Å². The normalized spacial score (nSPS) is 18.9. The summed E-state index contributed by atoms with van der Waals surface area (Å²) in [5, 5.41) is 11.1. The van der Waals surface area contributed by atoms with Crippen molar-refractivity contribution in [3.05, 3.63) is 22.2 Å². The van der Waals surface area contributed by atoms with Crippen molar-refractivity contribution >= 4 is 17.3 Å². The number of nitrogens with zero attached hydrogens (tertiary/aromatic N) is 3. The highest BCUT2D eigenvalue weighted by Gasteiger charge is 2.30. The number of nitro groups is 1. The van der Waals surface area contributed by atoms with Gasteiger partial charge in [0.2, 0.25) is 5.82 Å². The van der Waals surface area contributed by atoms with Crippen molar-refractivity contribution in [1.29, 1.82) is 0 Å². The average molecular weight is 265 g/mol. The Morgan fingerprint density at radius 3 is 2.84 bits per heavy atom. The molecule has 1 aliphatic rings. The maximum absolute atomic E-state index is 11.1. The van der Waals surface area contributed by atoms with E-state index in [4.69, 9.17) is 5.84 Å². The van der Waals surface area contributed by atoms with Crippen molar-refractivity contribution in [3.8, 4) is 0 Å². The van der Waals surface area contributed by atoms with Crippen molar-refractivity contribution < 1.29 is 4.92 Å². The molecule has 7 heteroatoms. The van der Waals surface area contributed by atoms with Gasteiger partial charge >= 0.3 is 5.69 Å². The summed E-state index contributed by atoms with van der Waals surface area (Å²) in [5.74, 6) is 7.28. The number of nitrogen functional groups attached to an aromatic ring is 1. The smallest absolute Gasteiger partial charge is 0.311 e. The first-order valence-electron chi connectivity index (χ1n) is 6.40. The minimum atomic E-state index is -0.397. The van der Waals surface area contributed by atoms with E-state index in [1.54, 1.807) is 0 Å². The number of hydrazine groups is 1. The van der Waals surface area contributed by atoms with Crippen molar-refractivity contribution in [2.24, 2.45) is 17.7 Å². The molecule has 0 spiro atoms. The standard InChI is InChI=1S/C12H19N5O2/c1-8(2)9-5-6-16(7-9)12-10(17(18)19)3-4-11(14-12)15-13/h3-4,8-9H,5-7,13H2,1-2H3,(H,14,15). The number of nitrogens with two attached hydrogens (primary N) is 1. The van der Waals surface area contributed by atoms with Crippen LogP contribution in [0.25, 0.3) is 0 Å². The summed E-state index contributed by atoms with van der Waals surface area (Å²) in [7, 11) is 0. The fourth-order valence-electron chi connectivity index (χ4n) is 2.42. The van der Waals surface area contributed by atoms with Gasteiger partial charge in [-0.1, -0.05) is 13.8 Å². The number of rotatable bonds is 4. The Morgan fingerprint density at radius 2 is 2.32 bits per heavy atom. The van der Waals surface area contributed by atoms with Gasteiger partial charge in [-0.3, -0.25) is 10.1 Å². The van der Waals surface area contributed by atoms with Gasteiger partial charge in [0.1, 0.15) is 5.82 Å². The van der Waals surface area contributed by atoms with E-state index in [2.05, 4.69) is 24.3 Å². The number of aromatic nitrogens is 1. The van der Waals surface area contributed by atoms with Crippen LogP contribution in [0.4, 0.5) is 17.3 Å². The predicted octanol–water partition coefficient (Wildman–Crippen LogP) is 1.76. The average Bonchev–Trinajstić information content (AvgIpc) is 2.87. The Hall–Kier alpha value is -1.89. The van der Waals surface area contributed by atoms with Gasteiger partial charge in [0.15, 0.2) is 0 Å². The van der Waals surface area contributed by atoms with Gasteiger partial charge in [0.05, 0.1) is 4.92 Å². The molecule has 2 rings (SSSR count). The molecule has 19 heavy (non-hydrogen) atoms. The van der Waals surface area contributed by atoms with Crippen LogP contribution in [0.3, 0.4) is 0 Å². The van der Waals surface area contributed by atoms with Gasteiger partial charge < -0.3 is 10.3 Å². The summed E-state index contributed by atoms with van der Waals surface area (Å²) in [6.45, 7) is 5.95. The third-order valence-corrected chi connectivity index (χ3v) is 3.67. The summed E-state index contributed by atoms with van der Waals surface area (Å²) in [6.07, 6.45) is 1.04. The SMILES string of the molecule is CC(C)C1CCN(c2nc(NN)ccc2[N+](=O)[O-])C1. The van der Waals surface area contributed by atoms with Crippen LogP contribution in [0.2, 0.25) is 0 Å². The third-order valence-electron chi connectivity index (χ3n) is 3.67. The number of nitrogens with one attached hydrogen (secondary N) is 1. The van der Waals surface area contributed by atoms with Gasteiger partial charge in [0.25, 0.3) is 0 Å². The molecular weight excluding hydrogens is 246 g/mol. The van der Waals surface area contributed by atoms with Crippen LogP contribution in [0.1, 0.15) is 20.3 Å². The van der Waals surface area contributed by atoms with Crippen LogP contribution in [0.15, 0.2) is 12.1 Å². The van der Waals surface area contributed by atoms with E-state index in [0.717, 1.165) is 19.5 Å². The fraction of sp³-hybridized carbons (Fsp3) is 0.583. The molecule has 0 saturated carbocycles. The van der Waals surface area contributed by atoms with Gasteiger partial charge in [-0.05, 0) is 24.3 Å². The first-order valence-corrected chi connectivity index (χ1v) is 6.40. The first-order chi connectivity index (χ1) is 9.02. The van der Waals surface area contributed by atoms with Crippen molar-refractivity contribution in [3.63, 3.8) is 0 Å². The van der Waals surface area contributed by atoms with E-state index in [-0.39, 0.29) is 5.69 Å². The van der Waals surface area contributed by atoms with Gasteiger partial charge in [-0.25, -0.2) is 10.8 Å². The van der Waals surface area contributed by atoms with E-state index in [1.165, 1.54) is 12.1 Å². The monoisotopic (exact) mass is 265 g/mol. The molecule has 104 valence electrons. The summed E-state index contributed by atoms with van der Waals surface area (Å²) in [6, 6.07) is 2.96. The molecule has 0 aromatic carbocycles. The van der Waals surface area contributed by atoms with Crippen LogP contribution < -0.4 is 16.2 Å². The van der Waals surface area contributed by atoms with Gasteiger partial charge in [-0.2, -0.15) is 0 Å². The molecule has 1 saturated heterocycles. The van der Waals surface area contributed by atoms with Crippen molar-refractivity contribution in [2.45, 2.75) is 20.3 Å². The molecule has 1 aromatic rings. The number of hydrogen-bond donors (Lipinski definition) is 2. The van der Waals surface area contributed by atoms with E-state index in [1.807, 2.05) is 4.90 Å². The molecule has 1 fully saturated rings. The molecular formula is C12H19N5O2. The Kier molecular flexibility index (Phi) is 3.84. The summed E-state index contributed by atoms with van der Waals surface area (Å²) in [4.78, 5) is 16.9. The predicted molar refractivity (Wildman–Crippen MR) is 73.9 cm³/mol. The lowest BCUT2D eigenvalue weighted by molar-refractivity contribution is -0.384. The fourth-order valence-corrected chi connectivity index (χ4v) is 2.42. The Balaban J connectivity index is 2.30. The highest BCUT2D eigenvalue weighted by molar-refractivity contribution is 5.62. The van der Waals surface area contributed by atoms with E-state index in [9.17, 15) is 10.1 Å². The van der Waals surface area contributed by atoms with E-state index < -0.39 is 4.92 Å². The summed E-state index contributed by atoms with van der Waals surface area (Å²) >= 11 is 0. The highest BCUT2D eigenvalue weighted by Crippen LogP contribution is 2.33. The Morgan fingerprint density at radius 1 is 1.58 bits per heavy atom. The van der Waals surface area contributed by atoms with Gasteiger partial charge in [-0.15, -0.1) is 0 Å². The minimum Gasteiger partial charge on any atom is -0.351 e. The molecule has 0 aliphatic carbocycles. The van der Waals surface area contributed by atoms with Crippen molar-refractivity contribution in [1.82, 2.24) is 4.98 Å². The lowest BCUT2D eigenvalue weighted by atomic mass is 9.95. The topological polar surface area (TPSA) is 97.3 Å². The maximum atomic E-state index is 11.1. The zero-order valence-corrected chi connectivity index (χ0v) is 11.2. The molecule has 1 atom stereocenters. The quantitative estimate of drug-likeness (QED) is 0.489. The Labute approximate surface area is 111 Å². The van der Waals surface area contributed by atoms with Gasteiger partial charge in [0, 0.05) is 19.2 Å². The lowest BCUT2D eigenvalue weighted by Crippen LogP contribution is -2.24. The van der Waals surface area contributed by atoms with Crippen LogP contribution >= 0.6 is 0 Å². The second-order valence-electron chi connectivity index (χ2n) is 5.18. The summed E-state index contributed by atoms with van der Waals surface area (Å²) < 4.78 is 0. The largest absolute Gasteiger partial charge is 0.351 e. The first kappa shape index (κ1) is 13.5. The zero-order chi connectivity index (χ0) is 14.0. The third kappa shape index (κ3) is 2.76. The molecule has 0 amide bonds. The number of anilines is 2. The number of pyridine rings is 1. The molecule has 3 N–H and O–H groups in total. The Bertz CT molecular complexity index is 477. The molecule has 0 radical (unpaired) electrons. The number of hydrogen-bond acceptors (Lipinski definition) is 6. The molecule has 7 nitrogen and oxygen atoms in total. The summed E-state index contributed by atoms with van der Waals surface area (Å²) in [5.41, 5.74) is 2.46. The highest BCUT2D eigenvalue weighted by atomic mass is 16.6. The second kappa shape index (κ2) is 5.40. The van der Waals surface area contributed by atoms with E-state index >= 15 is 0 Å². The maximum Gasteiger partial charge on any atom is 0.311 e. The molecule has 1 aromatic heterocycles. The molecule has 1 unspecified atom stereocenters. The minimum absolute atomic E-state index is 0.0309. The van der Waals surface area contributed by atoms with Crippen LogP contribution in [0, 0.1) is 22.0 Å².